The van der Waals surface area contributed by atoms with E-state index in [1.165, 1.54) is 44.9 Å². The van der Waals surface area contributed by atoms with Gasteiger partial charge in [-0.3, -0.25) is 18.6 Å². The van der Waals surface area contributed by atoms with Crippen molar-refractivity contribution >= 4 is 19.8 Å². The molecule has 282 valence electrons. The monoisotopic (exact) mass is 709 g/mol. The Morgan fingerprint density at radius 3 is 1.76 bits per heavy atom. The Morgan fingerprint density at radius 2 is 1.16 bits per heavy atom. The summed E-state index contributed by atoms with van der Waals surface area (Å²) in [7, 11) is -4.39. The number of rotatable bonds is 34. The highest BCUT2D eigenvalue weighted by Crippen LogP contribution is 2.43. The Labute approximate surface area is 298 Å². The fourth-order valence-corrected chi connectivity index (χ4v) is 5.41. The summed E-state index contributed by atoms with van der Waals surface area (Å²) in [6, 6.07) is 0. The predicted molar refractivity (Wildman–Crippen MR) is 201 cm³/mol. The second kappa shape index (κ2) is 35.5. The average Bonchev–Trinajstić information content (AvgIpc) is 3.08. The van der Waals surface area contributed by atoms with E-state index in [1.54, 1.807) is 0 Å². The van der Waals surface area contributed by atoms with Gasteiger partial charge in [0.1, 0.15) is 6.61 Å². The molecular formula is C39H68NO8P. The third-order valence-electron chi connectivity index (χ3n) is 7.40. The molecule has 0 aromatic heterocycles. The van der Waals surface area contributed by atoms with Crippen LogP contribution < -0.4 is 5.73 Å². The van der Waals surface area contributed by atoms with E-state index in [0.29, 0.717) is 12.8 Å². The molecule has 0 amide bonds. The Bertz CT molecular complexity index is 992. The van der Waals surface area contributed by atoms with Crippen molar-refractivity contribution in [3.05, 3.63) is 60.8 Å². The summed E-state index contributed by atoms with van der Waals surface area (Å²) in [5, 5.41) is 0. The summed E-state index contributed by atoms with van der Waals surface area (Å²) in [6.07, 6.45) is 39.8. The Balaban J connectivity index is 4.35. The zero-order chi connectivity index (χ0) is 36.1. The summed E-state index contributed by atoms with van der Waals surface area (Å²) in [5.74, 6) is -0.940. The highest BCUT2D eigenvalue weighted by Gasteiger charge is 2.25. The van der Waals surface area contributed by atoms with Gasteiger partial charge in [-0.2, -0.15) is 0 Å². The molecule has 0 rings (SSSR count). The minimum atomic E-state index is -4.39. The number of nitrogens with two attached hydrogens (primary N) is 1. The Hall–Kier alpha value is -2.29. The predicted octanol–water partition coefficient (Wildman–Crippen LogP) is 10.2. The van der Waals surface area contributed by atoms with Crippen LogP contribution in [0.5, 0.6) is 0 Å². The summed E-state index contributed by atoms with van der Waals surface area (Å²) < 4.78 is 32.5. The van der Waals surface area contributed by atoms with E-state index in [2.05, 4.69) is 62.5 Å². The van der Waals surface area contributed by atoms with Crippen molar-refractivity contribution in [2.24, 2.45) is 5.73 Å². The van der Waals surface area contributed by atoms with Crippen LogP contribution >= 0.6 is 7.82 Å². The van der Waals surface area contributed by atoms with Gasteiger partial charge in [-0.1, -0.05) is 126 Å². The first-order valence-electron chi connectivity index (χ1n) is 18.8. The first-order valence-corrected chi connectivity index (χ1v) is 20.3. The van der Waals surface area contributed by atoms with Crippen LogP contribution in [0.4, 0.5) is 0 Å². The molecule has 2 unspecified atom stereocenters. The summed E-state index contributed by atoms with van der Waals surface area (Å²) in [5.41, 5.74) is 5.32. The first-order chi connectivity index (χ1) is 23.8. The molecule has 3 N–H and O–H groups in total. The molecule has 0 radical (unpaired) electrons. The number of phosphoric acid groups is 1. The van der Waals surface area contributed by atoms with E-state index in [4.69, 9.17) is 24.3 Å². The Kier molecular flexibility index (Phi) is 33.9. The zero-order valence-electron chi connectivity index (χ0n) is 30.7. The van der Waals surface area contributed by atoms with Crippen molar-refractivity contribution in [3.8, 4) is 0 Å². The van der Waals surface area contributed by atoms with E-state index in [0.717, 1.165) is 57.8 Å². The molecule has 0 saturated heterocycles. The van der Waals surface area contributed by atoms with Gasteiger partial charge in [0, 0.05) is 19.4 Å². The van der Waals surface area contributed by atoms with E-state index in [-0.39, 0.29) is 32.6 Å². The molecule has 0 saturated carbocycles. The van der Waals surface area contributed by atoms with Crippen LogP contribution in [0.25, 0.3) is 0 Å². The fraction of sp³-hybridized carbons (Fsp3) is 0.692. The van der Waals surface area contributed by atoms with Crippen molar-refractivity contribution in [2.45, 2.75) is 148 Å². The molecule has 0 aromatic rings. The second-order valence-electron chi connectivity index (χ2n) is 12.1. The maximum Gasteiger partial charge on any atom is 0.472 e. The summed E-state index contributed by atoms with van der Waals surface area (Å²) >= 11 is 0. The molecule has 0 spiro atoms. The molecule has 10 heteroatoms. The number of unbranched alkanes of at least 4 members (excludes halogenated alkanes) is 11. The number of ether oxygens (including phenoxy) is 2. The zero-order valence-corrected chi connectivity index (χ0v) is 31.5. The lowest BCUT2D eigenvalue weighted by atomic mass is 10.1. The van der Waals surface area contributed by atoms with Crippen LogP contribution in [0.3, 0.4) is 0 Å². The van der Waals surface area contributed by atoms with E-state index < -0.39 is 32.5 Å². The van der Waals surface area contributed by atoms with Crippen molar-refractivity contribution in [2.75, 3.05) is 26.4 Å². The molecule has 0 bridgehead atoms. The lowest BCUT2D eigenvalue weighted by molar-refractivity contribution is -0.161. The van der Waals surface area contributed by atoms with Crippen LogP contribution in [-0.2, 0) is 32.7 Å². The van der Waals surface area contributed by atoms with Crippen molar-refractivity contribution in [3.63, 3.8) is 0 Å². The van der Waals surface area contributed by atoms with Crippen LogP contribution in [0.1, 0.15) is 142 Å². The van der Waals surface area contributed by atoms with E-state index in [9.17, 15) is 19.0 Å². The molecule has 49 heavy (non-hydrogen) atoms. The van der Waals surface area contributed by atoms with Gasteiger partial charge >= 0.3 is 19.8 Å². The second-order valence-corrected chi connectivity index (χ2v) is 13.5. The van der Waals surface area contributed by atoms with Gasteiger partial charge in [-0.15, -0.1) is 0 Å². The van der Waals surface area contributed by atoms with Gasteiger partial charge in [-0.05, 0) is 64.2 Å². The normalized spacial score (nSPS) is 14.1. The molecule has 0 aromatic carbocycles. The molecule has 0 fully saturated rings. The van der Waals surface area contributed by atoms with Gasteiger partial charge in [0.15, 0.2) is 6.10 Å². The fourth-order valence-electron chi connectivity index (χ4n) is 4.64. The number of hydrogen-bond donors (Lipinski definition) is 2. The standard InChI is InChI=1S/C39H68NO8P/c1-3-5-7-9-11-13-15-17-18-20-21-23-25-27-29-31-38(41)45-35-37(36-47-49(43,44)46-34-33-40)48-39(42)32-30-28-26-24-22-19-16-14-12-10-8-6-4-2/h6,8,12,14,17-19,22,26,28,37H,3-5,7,9-11,13,15-16,20-21,23-25,27,29-36,40H2,1-2H3,(H,43,44)/b8-6-,14-12-,18-17-,22-19-,28-26-. The summed E-state index contributed by atoms with van der Waals surface area (Å²) in [4.78, 5) is 34.6. The molecule has 2 atom stereocenters. The Morgan fingerprint density at radius 1 is 0.633 bits per heavy atom. The van der Waals surface area contributed by atoms with Crippen LogP contribution in [0, 0.1) is 0 Å². The summed E-state index contributed by atoms with van der Waals surface area (Å²) in [6.45, 7) is 3.49. The van der Waals surface area contributed by atoms with Crippen LogP contribution in [0.2, 0.25) is 0 Å². The molecular weight excluding hydrogens is 641 g/mol. The first kappa shape index (κ1) is 46.7. The SMILES string of the molecule is CC/C=C\C/C=C\C/C=C\C/C=C\CCC(=O)OC(COC(=O)CCCCCCC/C=C\CCCCCCCC)COP(=O)(O)OCCN. The third kappa shape index (κ3) is 35.3. The average molecular weight is 710 g/mol. The van der Waals surface area contributed by atoms with Crippen molar-refractivity contribution in [1.29, 1.82) is 0 Å². The van der Waals surface area contributed by atoms with Crippen molar-refractivity contribution < 1.29 is 37.6 Å². The van der Waals surface area contributed by atoms with Gasteiger partial charge in [0.05, 0.1) is 13.2 Å². The minimum Gasteiger partial charge on any atom is -0.462 e. The quantitative estimate of drug-likeness (QED) is 0.0290. The van der Waals surface area contributed by atoms with Gasteiger partial charge in [-0.25, -0.2) is 4.57 Å². The number of hydrogen-bond acceptors (Lipinski definition) is 8. The van der Waals surface area contributed by atoms with Crippen LogP contribution in [0.15, 0.2) is 60.8 Å². The van der Waals surface area contributed by atoms with Crippen molar-refractivity contribution in [1.82, 2.24) is 0 Å². The number of phosphoric ester groups is 1. The molecule has 0 heterocycles. The van der Waals surface area contributed by atoms with Crippen LogP contribution in [-0.4, -0.2) is 49.3 Å². The van der Waals surface area contributed by atoms with Gasteiger partial charge in [0.2, 0.25) is 0 Å². The largest absolute Gasteiger partial charge is 0.472 e. The molecule has 0 aliphatic carbocycles. The number of carbonyl (C=O) groups is 2. The third-order valence-corrected chi connectivity index (χ3v) is 8.39. The molecule has 0 aliphatic rings. The van der Waals surface area contributed by atoms with Gasteiger partial charge < -0.3 is 20.1 Å². The minimum absolute atomic E-state index is 0.0393. The number of esters is 2. The van der Waals surface area contributed by atoms with E-state index >= 15 is 0 Å². The van der Waals surface area contributed by atoms with E-state index in [1.807, 2.05) is 12.2 Å². The maximum absolute atomic E-state index is 12.5. The molecule has 9 nitrogen and oxygen atoms in total. The van der Waals surface area contributed by atoms with Gasteiger partial charge in [0.25, 0.3) is 0 Å². The topological polar surface area (TPSA) is 134 Å². The highest BCUT2D eigenvalue weighted by atomic mass is 31.2. The number of carbonyl (C=O) groups excluding carboxylic acids is 2. The number of allylic oxidation sites excluding steroid dienone is 10. The smallest absolute Gasteiger partial charge is 0.462 e. The molecule has 0 aliphatic heterocycles. The highest BCUT2D eigenvalue weighted by molar-refractivity contribution is 7.47. The maximum atomic E-state index is 12.5. The lowest BCUT2D eigenvalue weighted by Crippen LogP contribution is -2.29. The lowest BCUT2D eigenvalue weighted by Gasteiger charge is -2.19.